The first-order valence-corrected chi connectivity index (χ1v) is 16.7. The van der Waals surface area contributed by atoms with Crippen molar-refractivity contribution >= 4 is 59.5 Å². The molecular formula is C34H35Cl3O3Si. The number of alkyl halides is 3. The van der Waals surface area contributed by atoms with Crippen LogP contribution in [0.4, 0.5) is 0 Å². The molecule has 0 fully saturated rings. The van der Waals surface area contributed by atoms with E-state index in [2.05, 4.69) is 45.0 Å². The molecule has 0 aromatic heterocycles. The molecule has 0 saturated heterocycles. The number of ether oxygens (including phenoxy) is 1. The van der Waals surface area contributed by atoms with Crippen molar-refractivity contribution in [3.05, 3.63) is 132 Å². The topological polar surface area (TPSA) is 35.5 Å². The predicted octanol–water partition coefficient (Wildman–Crippen LogP) is 8.29. The van der Waals surface area contributed by atoms with Gasteiger partial charge in [-0.3, -0.25) is 0 Å². The van der Waals surface area contributed by atoms with E-state index in [1.807, 2.05) is 78.9 Å². The van der Waals surface area contributed by atoms with Gasteiger partial charge in [-0.25, -0.2) is 4.79 Å². The van der Waals surface area contributed by atoms with Gasteiger partial charge in [-0.2, -0.15) is 0 Å². The van der Waals surface area contributed by atoms with Gasteiger partial charge in [0.1, 0.15) is 6.10 Å². The second-order valence-corrected chi connectivity index (χ2v) is 17.7. The van der Waals surface area contributed by atoms with Gasteiger partial charge in [0.25, 0.3) is 8.32 Å². The van der Waals surface area contributed by atoms with E-state index >= 15 is 0 Å². The lowest BCUT2D eigenvalue weighted by atomic mass is 10.1. The number of halogens is 3. The number of aryl methyl sites for hydroxylation is 1. The highest BCUT2D eigenvalue weighted by Crippen LogP contribution is 2.38. The molecule has 0 N–H and O–H groups in total. The van der Waals surface area contributed by atoms with Crippen LogP contribution < -0.4 is 10.4 Å². The molecule has 3 nitrogen and oxygen atoms in total. The number of hydrogen-bond donors (Lipinski definition) is 0. The average molecular weight is 626 g/mol. The minimum absolute atomic E-state index is 0.205. The van der Waals surface area contributed by atoms with Gasteiger partial charge in [-0.15, -0.1) is 0 Å². The fourth-order valence-corrected chi connectivity index (χ4v) is 10.2. The maximum absolute atomic E-state index is 13.6. The number of hydrogen-bond acceptors (Lipinski definition) is 3. The molecule has 1 atom stereocenters. The lowest BCUT2D eigenvalue weighted by Crippen LogP contribution is -2.66. The van der Waals surface area contributed by atoms with Crippen LogP contribution in [-0.2, 0) is 22.2 Å². The van der Waals surface area contributed by atoms with Crippen molar-refractivity contribution in [3.8, 4) is 0 Å². The summed E-state index contributed by atoms with van der Waals surface area (Å²) in [6, 6.07) is 38.0. The molecule has 0 aliphatic heterocycles. The van der Waals surface area contributed by atoms with E-state index in [-0.39, 0.29) is 11.6 Å². The number of carbonyl (C=O) groups is 1. The van der Waals surface area contributed by atoms with Crippen LogP contribution in [-0.4, -0.2) is 24.2 Å². The van der Waals surface area contributed by atoms with Crippen molar-refractivity contribution in [2.75, 3.05) is 0 Å². The van der Waals surface area contributed by atoms with Crippen molar-refractivity contribution in [2.45, 2.75) is 55.2 Å². The normalized spacial score (nSPS) is 13.0. The Balaban J connectivity index is 1.63. The van der Waals surface area contributed by atoms with E-state index in [0.29, 0.717) is 18.4 Å². The molecule has 0 amide bonds. The van der Waals surface area contributed by atoms with Crippen molar-refractivity contribution in [2.24, 2.45) is 0 Å². The van der Waals surface area contributed by atoms with Crippen molar-refractivity contribution in [3.63, 3.8) is 0 Å². The summed E-state index contributed by atoms with van der Waals surface area (Å²) >= 11 is 18.8. The number of carbonyl (C=O) groups excluding carboxylic acids is 1. The van der Waals surface area contributed by atoms with Crippen LogP contribution in [0.2, 0.25) is 5.04 Å². The monoisotopic (exact) mass is 624 g/mol. The molecule has 0 heterocycles. The quantitative estimate of drug-likeness (QED) is 0.101. The highest BCUT2D eigenvalue weighted by atomic mass is 35.6. The van der Waals surface area contributed by atoms with Crippen molar-refractivity contribution in [1.82, 2.24) is 0 Å². The maximum Gasteiger partial charge on any atom is 0.338 e. The summed E-state index contributed by atoms with van der Waals surface area (Å²) < 4.78 is 11.2. The summed E-state index contributed by atoms with van der Waals surface area (Å²) in [6.45, 7) is 6.88. The zero-order valence-corrected chi connectivity index (χ0v) is 26.8. The van der Waals surface area contributed by atoms with E-state index < -0.39 is 24.2 Å². The third kappa shape index (κ3) is 7.62. The lowest BCUT2D eigenvalue weighted by Gasteiger charge is -2.43. The molecule has 0 aliphatic carbocycles. The first-order chi connectivity index (χ1) is 19.5. The van der Waals surface area contributed by atoms with Crippen LogP contribution in [0.15, 0.2) is 115 Å². The molecule has 7 heteroatoms. The van der Waals surface area contributed by atoms with Crippen LogP contribution in [0.1, 0.15) is 48.7 Å². The van der Waals surface area contributed by atoms with Gasteiger partial charge in [-0.1, -0.05) is 165 Å². The van der Waals surface area contributed by atoms with Crippen LogP contribution in [0.25, 0.3) is 0 Å². The van der Waals surface area contributed by atoms with Crippen LogP contribution in [0.5, 0.6) is 0 Å². The van der Waals surface area contributed by atoms with Crippen molar-refractivity contribution in [1.29, 1.82) is 0 Å². The fraction of sp³-hybridized carbons (Fsp3) is 0.265. The lowest BCUT2D eigenvalue weighted by molar-refractivity contribution is 0.0288. The zero-order chi connectivity index (χ0) is 29.5. The van der Waals surface area contributed by atoms with Gasteiger partial charge in [0.05, 0.1) is 12.2 Å². The highest BCUT2D eigenvalue weighted by molar-refractivity contribution is 6.99. The fourth-order valence-electron chi connectivity index (χ4n) is 5.22. The van der Waals surface area contributed by atoms with E-state index in [0.717, 1.165) is 21.5 Å². The summed E-state index contributed by atoms with van der Waals surface area (Å²) in [5.41, 5.74) is 2.18. The molecular weight excluding hydrogens is 591 g/mol. The molecule has 0 spiro atoms. The first-order valence-electron chi connectivity index (χ1n) is 13.7. The third-order valence-corrected chi connectivity index (χ3v) is 13.0. The Morgan fingerprint density at radius 2 is 1.22 bits per heavy atom. The molecule has 0 radical (unpaired) electrons. The van der Waals surface area contributed by atoms with Gasteiger partial charge in [0, 0.05) is 0 Å². The van der Waals surface area contributed by atoms with Gasteiger partial charge in [-0.05, 0) is 45.4 Å². The molecule has 0 saturated carbocycles. The molecule has 0 aliphatic rings. The molecule has 0 bridgehead atoms. The summed E-state index contributed by atoms with van der Waals surface area (Å²) in [5.74, 6) is -0.545. The van der Waals surface area contributed by atoms with Crippen LogP contribution in [0.3, 0.4) is 0 Å². The Kier molecular flexibility index (Phi) is 10.4. The Bertz CT molecular complexity index is 1360. The Morgan fingerprint density at radius 3 is 1.73 bits per heavy atom. The van der Waals surface area contributed by atoms with Crippen LogP contribution in [0, 0.1) is 0 Å². The third-order valence-electron chi connectivity index (χ3n) is 7.25. The minimum atomic E-state index is -2.82. The van der Waals surface area contributed by atoms with Crippen LogP contribution >= 0.6 is 34.8 Å². The largest absolute Gasteiger partial charge is 0.454 e. The Labute approximate surface area is 259 Å². The SMILES string of the molecule is CC(C)(C)[Si](OCc1ccccc1C(=O)OC(CCc1ccccc1)C(Cl)(Cl)Cl)(c1ccccc1)c1ccccc1. The van der Waals surface area contributed by atoms with E-state index in [4.69, 9.17) is 44.0 Å². The zero-order valence-electron chi connectivity index (χ0n) is 23.5. The summed E-state index contributed by atoms with van der Waals surface area (Å²) in [6.07, 6.45) is 0.0454. The first kappa shape index (κ1) is 31.3. The van der Waals surface area contributed by atoms with Gasteiger partial charge in [0.2, 0.25) is 3.79 Å². The van der Waals surface area contributed by atoms with Gasteiger partial charge in [0.15, 0.2) is 0 Å². The Morgan fingerprint density at radius 1 is 0.732 bits per heavy atom. The molecule has 214 valence electrons. The maximum atomic E-state index is 13.6. The summed E-state index contributed by atoms with van der Waals surface area (Å²) in [4.78, 5) is 13.6. The van der Waals surface area contributed by atoms with E-state index in [1.54, 1.807) is 12.1 Å². The second kappa shape index (κ2) is 13.6. The predicted molar refractivity (Wildman–Crippen MR) is 173 cm³/mol. The second-order valence-electron chi connectivity index (χ2n) is 11.1. The highest BCUT2D eigenvalue weighted by Gasteiger charge is 2.50. The molecule has 4 aromatic rings. The van der Waals surface area contributed by atoms with Gasteiger partial charge < -0.3 is 9.16 Å². The summed E-state index contributed by atoms with van der Waals surface area (Å²) in [7, 11) is -2.82. The average Bonchev–Trinajstić information content (AvgIpc) is 2.96. The standard InChI is InChI=1S/C34H35Cl3O3Si/c1-33(2,3)41(28-18-9-5-10-19-28,29-20-11-6-12-21-29)39-25-27-17-13-14-22-30(27)32(38)40-31(34(35,36)37)24-23-26-15-7-4-8-16-26/h4-22,31H,23-25H2,1-3H3. The minimum Gasteiger partial charge on any atom is -0.454 e. The molecule has 41 heavy (non-hydrogen) atoms. The van der Waals surface area contributed by atoms with Gasteiger partial charge >= 0.3 is 5.97 Å². The molecule has 4 aromatic carbocycles. The Hall–Kier alpha value is -2.60. The van der Waals surface area contributed by atoms with E-state index in [1.165, 1.54) is 0 Å². The summed E-state index contributed by atoms with van der Waals surface area (Å²) in [5, 5.41) is 2.12. The van der Waals surface area contributed by atoms with Crippen molar-refractivity contribution < 1.29 is 14.0 Å². The molecule has 4 rings (SSSR count). The van der Waals surface area contributed by atoms with E-state index in [9.17, 15) is 4.79 Å². The number of esters is 1. The number of benzene rings is 4. The smallest absolute Gasteiger partial charge is 0.338 e. The molecule has 1 unspecified atom stereocenters. The number of rotatable bonds is 10.